The van der Waals surface area contributed by atoms with Crippen LogP contribution in [-0.4, -0.2) is 54.7 Å². The molecule has 26 heavy (non-hydrogen) atoms. The van der Waals surface area contributed by atoms with Crippen molar-refractivity contribution >= 4 is 27.5 Å². The second-order valence-corrected chi connectivity index (χ2v) is 9.74. The predicted octanol–water partition coefficient (Wildman–Crippen LogP) is 3.89. The molecule has 1 aromatic rings. The summed E-state index contributed by atoms with van der Waals surface area (Å²) in [4.78, 5) is 14.7. The van der Waals surface area contributed by atoms with Crippen LogP contribution in [0.3, 0.4) is 0 Å². The Morgan fingerprint density at radius 2 is 2.04 bits per heavy atom. The first-order valence-electron chi connectivity index (χ1n) is 9.74. The second kappa shape index (κ2) is 11.2. The minimum absolute atomic E-state index is 0.188. The van der Waals surface area contributed by atoms with Crippen LogP contribution >= 0.6 is 21.6 Å². The van der Waals surface area contributed by atoms with Crippen LogP contribution in [0.5, 0.6) is 0 Å². The number of carbonyl (C=O) groups excluding carboxylic acids is 1. The molecule has 0 aliphatic carbocycles. The number of amides is 1. The van der Waals surface area contributed by atoms with Crippen molar-refractivity contribution in [2.75, 3.05) is 38.6 Å². The van der Waals surface area contributed by atoms with E-state index in [1.165, 1.54) is 24.2 Å². The molecule has 2 heterocycles. The largest absolute Gasteiger partial charge is 0.379 e. The van der Waals surface area contributed by atoms with E-state index in [2.05, 4.69) is 34.5 Å². The van der Waals surface area contributed by atoms with Crippen molar-refractivity contribution in [2.24, 2.45) is 0 Å². The van der Waals surface area contributed by atoms with Crippen molar-refractivity contribution in [2.45, 2.75) is 43.4 Å². The number of nitrogens with one attached hydrogen (secondary N) is 1. The van der Waals surface area contributed by atoms with E-state index < -0.39 is 0 Å². The van der Waals surface area contributed by atoms with Crippen LogP contribution in [0.1, 0.15) is 43.7 Å². The summed E-state index contributed by atoms with van der Waals surface area (Å²) >= 11 is 0. The minimum Gasteiger partial charge on any atom is -0.379 e. The molecule has 2 aliphatic rings. The molecule has 1 aromatic carbocycles. The number of morpholine rings is 1. The molecule has 0 saturated carbocycles. The second-order valence-electron chi connectivity index (χ2n) is 6.95. The maximum atomic E-state index is 12.3. The van der Waals surface area contributed by atoms with Crippen LogP contribution < -0.4 is 5.32 Å². The van der Waals surface area contributed by atoms with Gasteiger partial charge in [0.25, 0.3) is 0 Å². The van der Waals surface area contributed by atoms with Crippen molar-refractivity contribution in [3.8, 4) is 0 Å². The molecule has 2 fully saturated rings. The topological polar surface area (TPSA) is 41.6 Å². The van der Waals surface area contributed by atoms with Gasteiger partial charge in [-0.05, 0) is 24.8 Å². The van der Waals surface area contributed by atoms with Crippen LogP contribution in [0.4, 0.5) is 0 Å². The van der Waals surface area contributed by atoms with E-state index in [0.717, 1.165) is 44.4 Å². The van der Waals surface area contributed by atoms with Gasteiger partial charge in [0, 0.05) is 37.1 Å². The van der Waals surface area contributed by atoms with E-state index in [1.54, 1.807) is 0 Å². The number of hydrogen-bond donors (Lipinski definition) is 1. The lowest BCUT2D eigenvalue weighted by Crippen LogP contribution is -2.43. The van der Waals surface area contributed by atoms with Gasteiger partial charge in [0.15, 0.2) is 0 Å². The summed E-state index contributed by atoms with van der Waals surface area (Å²) in [6.07, 6.45) is 5.40. The third-order valence-corrected chi connectivity index (χ3v) is 8.08. The van der Waals surface area contributed by atoms with E-state index >= 15 is 0 Å². The molecule has 0 spiro atoms. The number of rotatable bonds is 9. The summed E-state index contributed by atoms with van der Waals surface area (Å²) in [5.41, 5.74) is 1.27. The van der Waals surface area contributed by atoms with E-state index in [0.29, 0.717) is 13.0 Å². The van der Waals surface area contributed by atoms with Crippen LogP contribution in [0.15, 0.2) is 30.3 Å². The van der Waals surface area contributed by atoms with Crippen LogP contribution in [-0.2, 0) is 9.53 Å². The maximum absolute atomic E-state index is 12.3. The Hall–Kier alpha value is -0.690. The monoisotopic (exact) mass is 394 g/mol. The molecule has 0 radical (unpaired) electrons. The third kappa shape index (κ3) is 6.48. The first-order valence-corrected chi connectivity index (χ1v) is 12.1. The number of unbranched alkanes of at least 4 members (excludes halogenated alkanes) is 1. The summed E-state index contributed by atoms with van der Waals surface area (Å²) in [7, 11) is 4.02. The lowest BCUT2D eigenvalue weighted by Gasteiger charge is -2.35. The quantitative estimate of drug-likeness (QED) is 0.508. The highest BCUT2D eigenvalue weighted by Gasteiger charge is 2.23. The first kappa shape index (κ1) is 20.1. The molecule has 2 saturated heterocycles. The fraction of sp³-hybridized carbons (Fsp3) is 0.650. The standard InChI is InChI=1S/C20H30N2O2S2/c23-20(9-5-4-8-18-10-15-25-26-18)21-16-19(17-6-2-1-3-7-17)22-11-13-24-14-12-22/h1-3,6-7,18-19H,4-5,8-16H2,(H,21,23). The number of ether oxygens (including phenoxy) is 1. The smallest absolute Gasteiger partial charge is 0.220 e. The molecular formula is C20H30N2O2S2. The molecule has 3 rings (SSSR count). The highest BCUT2D eigenvalue weighted by atomic mass is 33.1. The predicted molar refractivity (Wildman–Crippen MR) is 112 cm³/mol. The van der Waals surface area contributed by atoms with Gasteiger partial charge in [-0.3, -0.25) is 9.69 Å². The first-order chi connectivity index (χ1) is 12.8. The fourth-order valence-corrected chi connectivity index (χ4v) is 6.57. The lowest BCUT2D eigenvalue weighted by atomic mass is 10.0. The Morgan fingerprint density at radius 1 is 1.23 bits per heavy atom. The Kier molecular flexibility index (Phi) is 8.66. The number of benzene rings is 1. The molecule has 0 aromatic heterocycles. The van der Waals surface area contributed by atoms with Gasteiger partial charge < -0.3 is 10.1 Å². The average Bonchev–Trinajstić information content (AvgIpc) is 3.21. The van der Waals surface area contributed by atoms with Gasteiger partial charge >= 0.3 is 0 Å². The third-order valence-electron chi connectivity index (χ3n) is 5.07. The van der Waals surface area contributed by atoms with Crippen molar-refractivity contribution in [3.63, 3.8) is 0 Å². The van der Waals surface area contributed by atoms with E-state index in [-0.39, 0.29) is 11.9 Å². The molecule has 0 bridgehead atoms. The molecular weight excluding hydrogens is 364 g/mol. The Labute approximate surface area is 165 Å². The molecule has 1 N–H and O–H groups in total. The van der Waals surface area contributed by atoms with Crippen LogP contribution in [0.25, 0.3) is 0 Å². The molecule has 2 atom stereocenters. The fourth-order valence-electron chi connectivity index (χ4n) is 3.54. The zero-order valence-corrected chi connectivity index (χ0v) is 17.0. The Balaban J connectivity index is 1.42. The highest BCUT2D eigenvalue weighted by Crippen LogP contribution is 2.39. The van der Waals surface area contributed by atoms with E-state index in [4.69, 9.17) is 4.74 Å². The number of carbonyl (C=O) groups is 1. The van der Waals surface area contributed by atoms with Gasteiger partial charge in [0.1, 0.15) is 0 Å². The normalized spacial score (nSPS) is 22.2. The van der Waals surface area contributed by atoms with Crippen molar-refractivity contribution < 1.29 is 9.53 Å². The molecule has 2 unspecified atom stereocenters. The summed E-state index contributed by atoms with van der Waals surface area (Å²) in [5, 5.41) is 3.99. The molecule has 2 aliphatic heterocycles. The zero-order chi connectivity index (χ0) is 18.0. The summed E-state index contributed by atoms with van der Waals surface area (Å²) < 4.78 is 5.49. The average molecular weight is 395 g/mol. The Morgan fingerprint density at radius 3 is 2.77 bits per heavy atom. The van der Waals surface area contributed by atoms with Crippen molar-refractivity contribution in [1.29, 1.82) is 0 Å². The summed E-state index contributed by atoms with van der Waals surface area (Å²) in [6.45, 7) is 4.07. The van der Waals surface area contributed by atoms with Gasteiger partial charge in [0.2, 0.25) is 5.91 Å². The van der Waals surface area contributed by atoms with Crippen molar-refractivity contribution in [3.05, 3.63) is 35.9 Å². The van der Waals surface area contributed by atoms with E-state index in [1.807, 2.05) is 27.7 Å². The summed E-state index contributed by atoms with van der Waals surface area (Å²) in [6, 6.07) is 10.7. The maximum Gasteiger partial charge on any atom is 0.220 e. The molecule has 6 heteroatoms. The Bertz CT molecular complexity index is 532. The van der Waals surface area contributed by atoms with Gasteiger partial charge in [-0.1, -0.05) is 58.3 Å². The van der Waals surface area contributed by atoms with Crippen LogP contribution in [0.2, 0.25) is 0 Å². The number of nitrogens with zero attached hydrogens (tertiary/aromatic N) is 1. The summed E-state index contributed by atoms with van der Waals surface area (Å²) in [5.74, 6) is 1.48. The molecule has 144 valence electrons. The van der Waals surface area contributed by atoms with Gasteiger partial charge in [-0.2, -0.15) is 0 Å². The highest BCUT2D eigenvalue weighted by molar-refractivity contribution is 8.77. The van der Waals surface area contributed by atoms with Gasteiger partial charge in [0.05, 0.1) is 19.3 Å². The SMILES string of the molecule is O=C(CCCCC1CCSS1)NCC(c1ccccc1)N1CCOCC1. The van der Waals surface area contributed by atoms with Gasteiger partial charge in [-0.25, -0.2) is 0 Å². The van der Waals surface area contributed by atoms with Crippen LogP contribution in [0, 0.1) is 0 Å². The van der Waals surface area contributed by atoms with Crippen molar-refractivity contribution in [1.82, 2.24) is 10.2 Å². The zero-order valence-electron chi connectivity index (χ0n) is 15.4. The number of hydrogen-bond acceptors (Lipinski definition) is 5. The molecule has 4 nitrogen and oxygen atoms in total. The molecule has 1 amide bonds. The lowest BCUT2D eigenvalue weighted by molar-refractivity contribution is -0.121. The van der Waals surface area contributed by atoms with Gasteiger partial charge in [-0.15, -0.1) is 0 Å². The van der Waals surface area contributed by atoms with E-state index in [9.17, 15) is 4.79 Å². The minimum atomic E-state index is 0.188.